The molecule has 0 spiro atoms. The van der Waals surface area contributed by atoms with Crippen molar-refractivity contribution in [1.82, 2.24) is 21.3 Å². The highest BCUT2D eigenvalue weighted by Crippen LogP contribution is 1.83. The number of hydrogen-bond donors (Lipinski definition) is 4. The zero-order valence-corrected chi connectivity index (χ0v) is 9.94. The molecule has 1 aliphatic rings. The van der Waals surface area contributed by atoms with Crippen LogP contribution in [0.4, 0.5) is 0 Å². The van der Waals surface area contributed by atoms with Crippen LogP contribution >= 0.6 is 0 Å². The minimum absolute atomic E-state index is 0.584. The second kappa shape index (κ2) is 9.09. The Morgan fingerprint density at radius 1 is 0.733 bits per heavy atom. The highest BCUT2D eigenvalue weighted by molar-refractivity contribution is 4.65. The summed E-state index contributed by atoms with van der Waals surface area (Å²) >= 11 is 0. The van der Waals surface area contributed by atoms with Crippen molar-refractivity contribution in [1.29, 1.82) is 0 Å². The van der Waals surface area contributed by atoms with Gasteiger partial charge in [0.2, 0.25) is 0 Å². The quantitative estimate of drug-likeness (QED) is 0.440. The van der Waals surface area contributed by atoms with E-state index in [0.717, 1.165) is 45.8 Å². The molecule has 15 heavy (non-hydrogen) atoms. The topological polar surface area (TPSA) is 48.1 Å². The van der Waals surface area contributed by atoms with Gasteiger partial charge in [0.05, 0.1) is 0 Å². The lowest BCUT2D eigenvalue weighted by Crippen LogP contribution is -2.39. The Balaban J connectivity index is 2.10. The van der Waals surface area contributed by atoms with Crippen LogP contribution in [0.5, 0.6) is 0 Å². The molecule has 0 aromatic carbocycles. The van der Waals surface area contributed by atoms with Gasteiger partial charge in [0, 0.05) is 25.7 Å². The fourth-order valence-electron chi connectivity index (χ4n) is 1.72. The molecule has 4 N–H and O–H groups in total. The van der Waals surface area contributed by atoms with Crippen LogP contribution in [0, 0.1) is 0 Å². The van der Waals surface area contributed by atoms with Gasteiger partial charge in [0.25, 0.3) is 0 Å². The minimum atomic E-state index is 0.584. The summed E-state index contributed by atoms with van der Waals surface area (Å²) in [5.74, 6) is 0. The van der Waals surface area contributed by atoms with Crippen molar-refractivity contribution in [2.75, 3.05) is 45.8 Å². The Kier molecular flexibility index (Phi) is 7.83. The molecule has 0 radical (unpaired) electrons. The normalized spacial score (nSPS) is 28.2. The van der Waals surface area contributed by atoms with Crippen molar-refractivity contribution in [2.24, 2.45) is 0 Å². The molecule has 4 heteroatoms. The molecular weight excluding hydrogens is 188 g/mol. The summed E-state index contributed by atoms with van der Waals surface area (Å²) in [5, 5.41) is 13.9. The first-order valence-corrected chi connectivity index (χ1v) is 6.25. The first-order valence-electron chi connectivity index (χ1n) is 6.25. The first kappa shape index (κ1) is 12.9. The molecule has 1 saturated heterocycles. The van der Waals surface area contributed by atoms with E-state index in [1.807, 2.05) is 0 Å². The van der Waals surface area contributed by atoms with Gasteiger partial charge in [0.15, 0.2) is 0 Å². The van der Waals surface area contributed by atoms with Crippen molar-refractivity contribution < 1.29 is 0 Å². The Morgan fingerprint density at radius 2 is 1.33 bits per heavy atom. The van der Waals surface area contributed by atoms with Crippen LogP contribution in [0.25, 0.3) is 0 Å². The SMILES string of the molecule is CC1CNCCCNCCNCCCN1. The molecule has 1 rings (SSSR count). The summed E-state index contributed by atoms with van der Waals surface area (Å²) < 4.78 is 0. The molecule has 0 aromatic rings. The standard InChI is InChI=1S/C11H26N4/c1-11-10-14-6-2-4-12-8-9-13-5-3-7-15-11/h11-15H,2-10H2,1H3. The molecule has 0 aliphatic carbocycles. The Bertz CT molecular complexity index is 127. The average Bonchev–Trinajstić information content (AvgIpc) is 2.24. The second-order valence-electron chi connectivity index (χ2n) is 4.27. The van der Waals surface area contributed by atoms with E-state index in [2.05, 4.69) is 28.2 Å². The lowest BCUT2D eigenvalue weighted by atomic mass is 10.3. The Hall–Kier alpha value is -0.160. The van der Waals surface area contributed by atoms with Crippen molar-refractivity contribution in [3.63, 3.8) is 0 Å². The van der Waals surface area contributed by atoms with Crippen LogP contribution in [0.15, 0.2) is 0 Å². The van der Waals surface area contributed by atoms with Crippen LogP contribution < -0.4 is 21.3 Å². The minimum Gasteiger partial charge on any atom is -0.315 e. The van der Waals surface area contributed by atoms with E-state index < -0.39 is 0 Å². The molecule has 0 aromatic heterocycles. The summed E-state index contributed by atoms with van der Waals surface area (Å²) in [6.45, 7) is 9.96. The first-order chi connectivity index (χ1) is 7.39. The fourth-order valence-corrected chi connectivity index (χ4v) is 1.72. The molecule has 90 valence electrons. The van der Waals surface area contributed by atoms with Crippen LogP contribution in [0.3, 0.4) is 0 Å². The zero-order chi connectivity index (χ0) is 10.8. The molecule has 1 fully saturated rings. The number of rotatable bonds is 0. The lowest BCUT2D eigenvalue weighted by Gasteiger charge is -2.16. The monoisotopic (exact) mass is 214 g/mol. The van der Waals surface area contributed by atoms with Crippen molar-refractivity contribution >= 4 is 0 Å². The third-order valence-electron chi connectivity index (χ3n) is 2.66. The van der Waals surface area contributed by atoms with Gasteiger partial charge in [-0.25, -0.2) is 0 Å². The molecule has 0 amide bonds. The Labute approximate surface area is 93.6 Å². The summed E-state index contributed by atoms with van der Waals surface area (Å²) in [4.78, 5) is 0. The second-order valence-corrected chi connectivity index (χ2v) is 4.27. The third-order valence-corrected chi connectivity index (χ3v) is 2.66. The highest BCUT2D eigenvalue weighted by atomic mass is 15.0. The van der Waals surface area contributed by atoms with E-state index in [4.69, 9.17) is 0 Å². The van der Waals surface area contributed by atoms with Crippen molar-refractivity contribution in [2.45, 2.75) is 25.8 Å². The van der Waals surface area contributed by atoms with Crippen molar-refractivity contribution in [3.05, 3.63) is 0 Å². The molecule has 0 bridgehead atoms. The van der Waals surface area contributed by atoms with E-state index >= 15 is 0 Å². The van der Waals surface area contributed by atoms with Gasteiger partial charge < -0.3 is 21.3 Å². The Morgan fingerprint density at radius 3 is 2.07 bits per heavy atom. The van der Waals surface area contributed by atoms with Gasteiger partial charge >= 0.3 is 0 Å². The molecule has 1 aliphatic heterocycles. The molecular formula is C11H26N4. The number of hydrogen-bond acceptors (Lipinski definition) is 4. The highest BCUT2D eigenvalue weighted by Gasteiger charge is 2.00. The summed E-state index contributed by atoms with van der Waals surface area (Å²) in [6, 6.07) is 0.584. The lowest BCUT2D eigenvalue weighted by molar-refractivity contribution is 0.473. The van der Waals surface area contributed by atoms with Crippen molar-refractivity contribution in [3.8, 4) is 0 Å². The molecule has 1 heterocycles. The average molecular weight is 214 g/mol. The maximum Gasteiger partial charge on any atom is 0.0164 e. The van der Waals surface area contributed by atoms with Gasteiger partial charge in [-0.05, 0) is 45.9 Å². The van der Waals surface area contributed by atoms with Crippen LogP contribution in [0.1, 0.15) is 19.8 Å². The van der Waals surface area contributed by atoms with E-state index in [-0.39, 0.29) is 0 Å². The van der Waals surface area contributed by atoms with Gasteiger partial charge in [-0.1, -0.05) is 0 Å². The van der Waals surface area contributed by atoms with E-state index in [1.165, 1.54) is 12.8 Å². The maximum absolute atomic E-state index is 3.52. The van der Waals surface area contributed by atoms with E-state index in [9.17, 15) is 0 Å². The largest absolute Gasteiger partial charge is 0.315 e. The van der Waals surface area contributed by atoms with E-state index in [0.29, 0.717) is 6.04 Å². The fraction of sp³-hybridized carbons (Fsp3) is 1.00. The molecule has 1 atom stereocenters. The molecule has 1 unspecified atom stereocenters. The van der Waals surface area contributed by atoms with Crippen LogP contribution in [0.2, 0.25) is 0 Å². The molecule has 4 nitrogen and oxygen atoms in total. The van der Waals surface area contributed by atoms with E-state index in [1.54, 1.807) is 0 Å². The zero-order valence-electron chi connectivity index (χ0n) is 9.94. The van der Waals surface area contributed by atoms with Crippen LogP contribution in [-0.2, 0) is 0 Å². The number of nitrogens with one attached hydrogen (secondary N) is 4. The van der Waals surface area contributed by atoms with Gasteiger partial charge in [-0.2, -0.15) is 0 Å². The van der Waals surface area contributed by atoms with Gasteiger partial charge in [-0.3, -0.25) is 0 Å². The van der Waals surface area contributed by atoms with Gasteiger partial charge in [-0.15, -0.1) is 0 Å². The predicted molar refractivity (Wildman–Crippen MR) is 65.3 cm³/mol. The predicted octanol–water partition coefficient (Wildman–Crippen LogP) is -0.473. The van der Waals surface area contributed by atoms with Crippen LogP contribution in [-0.4, -0.2) is 51.9 Å². The summed E-state index contributed by atoms with van der Waals surface area (Å²) in [5.41, 5.74) is 0. The summed E-state index contributed by atoms with van der Waals surface area (Å²) in [6.07, 6.45) is 2.43. The third kappa shape index (κ3) is 7.73. The maximum atomic E-state index is 3.52. The molecule has 0 saturated carbocycles. The van der Waals surface area contributed by atoms with Gasteiger partial charge in [0.1, 0.15) is 0 Å². The smallest absolute Gasteiger partial charge is 0.0164 e. The summed E-state index contributed by atoms with van der Waals surface area (Å²) in [7, 11) is 0.